The number of anilines is 2. The Bertz CT molecular complexity index is 834. The molecule has 30 heavy (non-hydrogen) atoms. The van der Waals surface area contributed by atoms with Gasteiger partial charge in [-0.15, -0.1) is 0 Å². The summed E-state index contributed by atoms with van der Waals surface area (Å²) >= 11 is 0. The lowest BCUT2D eigenvalue weighted by Crippen LogP contribution is -2.39. The van der Waals surface area contributed by atoms with Gasteiger partial charge in [0, 0.05) is 51.5 Å². The summed E-state index contributed by atoms with van der Waals surface area (Å²) in [5.74, 6) is 0.294. The van der Waals surface area contributed by atoms with Crippen molar-refractivity contribution in [1.29, 1.82) is 0 Å². The summed E-state index contributed by atoms with van der Waals surface area (Å²) in [6, 6.07) is 15.7. The Balaban J connectivity index is 2.30. The number of hydrogen-bond donors (Lipinski definition) is 2. The number of rotatable bonds is 9. The van der Waals surface area contributed by atoms with Gasteiger partial charge in [0.05, 0.1) is 0 Å². The van der Waals surface area contributed by atoms with E-state index in [9.17, 15) is 9.59 Å². The minimum atomic E-state index is -0.111. The number of amides is 3. The Hall–Kier alpha value is -3.02. The first-order chi connectivity index (χ1) is 14.3. The molecule has 0 aromatic heterocycles. The molecule has 0 heterocycles. The summed E-state index contributed by atoms with van der Waals surface area (Å²) in [4.78, 5) is 28.8. The van der Waals surface area contributed by atoms with Gasteiger partial charge >= 0.3 is 6.03 Å². The molecule has 0 unspecified atom stereocenters. The third-order valence-electron chi connectivity index (χ3n) is 4.63. The van der Waals surface area contributed by atoms with E-state index in [1.54, 1.807) is 4.90 Å². The smallest absolute Gasteiger partial charge is 0.317 e. The molecule has 0 aliphatic heterocycles. The van der Waals surface area contributed by atoms with Crippen LogP contribution in [0.3, 0.4) is 0 Å². The molecule has 2 aromatic rings. The molecule has 0 saturated carbocycles. The van der Waals surface area contributed by atoms with Crippen LogP contribution in [0.25, 0.3) is 0 Å². The summed E-state index contributed by atoms with van der Waals surface area (Å²) in [6.07, 6.45) is 0.476. The van der Waals surface area contributed by atoms with Crippen LogP contribution in [-0.2, 0) is 17.9 Å². The zero-order valence-corrected chi connectivity index (χ0v) is 18.7. The van der Waals surface area contributed by atoms with Crippen molar-refractivity contribution < 1.29 is 9.59 Å². The topological polar surface area (TPSA) is 64.7 Å². The van der Waals surface area contributed by atoms with Crippen LogP contribution in [0.2, 0.25) is 0 Å². The van der Waals surface area contributed by atoms with Crippen LogP contribution in [-0.4, -0.2) is 37.5 Å². The summed E-state index contributed by atoms with van der Waals surface area (Å²) < 4.78 is 0. The van der Waals surface area contributed by atoms with Gasteiger partial charge in [0.15, 0.2) is 0 Å². The number of carbonyl (C=O) groups excluding carboxylic acids is 2. The van der Waals surface area contributed by atoms with Crippen molar-refractivity contribution in [3.8, 4) is 0 Å². The van der Waals surface area contributed by atoms with E-state index in [4.69, 9.17) is 0 Å². The summed E-state index contributed by atoms with van der Waals surface area (Å²) in [5.41, 5.74) is 3.80. The Morgan fingerprint density at radius 3 is 2.30 bits per heavy atom. The van der Waals surface area contributed by atoms with E-state index in [-0.39, 0.29) is 11.9 Å². The fourth-order valence-corrected chi connectivity index (χ4v) is 3.28. The fourth-order valence-electron chi connectivity index (χ4n) is 3.28. The molecule has 0 bridgehead atoms. The monoisotopic (exact) mass is 410 g/mol. The Morgan fingerprint density at radius 2 is 1.70 bits per heavy atom. The zero-order valence-electron chi connectivity index (χ0n) is 18.7. The van der Waals surface area contributed by atoms with E-state index in [2.05, 4.69) is 10.6 Å². The second-order valence-electron chi connectivity index (χ2n) is 8.06. The highest BCUT2D eigenvalue weighted by molar-refractivity contribution is 5.91. The van der Waals surface area contributed by atoms with Gasteiger partial charge in [0.1, 0.15) is 0 Å². The molecule has 2 N–H and O–H groups in total. The minimum Gasteiger partial charge on any atom is -0.377 e. The van der Waals surface area contributed by atoms with Gasteiger partial charge < -0.3 is 20.4 Å². The van der Waals surface area contributed by atoms with Gasteiger partial charge in [-0.2, -0.15) is 0 Å². The molecule has 0 radical (unpaired) electrons. The van der Waals surface area contributed by atoms with Crippen LogP contribution < -0.4 is 15.5 Å². The average Bonchev–Trinajstić information content (AvgIpc) is 2.67. The van der Waals surface area contributed by atoms with Gasteiger partial charge in [-0.25, -0.2) is 4.79 Å². The van der Waals surface area contributed by atoms with E-state index in [0.717, 1.165) is 22.5 Å². The van der Waals surface area contributed by atoms with Crippen molar-refractivity contribution in [2.24, 2.45) is 5.92 Å². The van der Waals surface area contributed by atoms with Gasteiger partial charge in [-0.3, -0.25) is 4.79 Å². The SMILES string of the molecule is CCNC(=O)N(Cc1ccccc1)Cc1cc(NC(=O)CC(C)C)ccc1N(C)C. The third-order valence-corrected chi connectivity index (χ3v) is 4.63. The summed E-state index contributed by atoms with van der Waals surface area (Å²) in [6.45, 7) is 7.46. The highest BCUT2D eigenvalue weighted by Crippen LogP contribution is 2.25. The second-order valence-corrected chi connectivity index (χ2v) is 8.06. The maximum atomic E-state index is 12.7. The molecule has 162 valence electrons. The highest BCUT2D eigenvalue weighted by atomic mass is 16.2. The first-order valence-electron chi connectivity index (χ1n) is 10.5. The van der Waals surface area contributed by atoms with Gasteiger partial charge in [0.2, 0.25) is 5.91 Å². The Labute approximate surface area is 180 Å². The normalized spacial score (nSPS) is 10.6. The van der Waals surface area contributed by atoms with E-state index >= 15 is 0 Å². The molecule has 0 spiro atoms. The Kier molecular flexibility index (Phi) is 8.71. The fraction of sp³-hybridized carbons (Fsp3) is 0.417. The van der Waals surface area contributed by atoms with Crippen LogP contribution in [0.5, 0.6) is 0 Å². The first kappa shape index (κ1) is 23.3. The molecule has 0 aliphatic rings. The molecule has 3 amide bonds. The first-order valence-corrected chi connectivity index (χ1v) is 10.5. The molecule has 0 saturated heterocycles. The lowest BCUT2D eigenvalue weighted by Gasteiger charge is -2.26. The summed E-state index contributed by atoms with van der Waals surface area (Å²) in [7, 11) is 3.95. The molecule has 0 atom stereocenters. The Morgan fingerprint density at radius 1 is 1.00 bits per heavy atom. The number of benzene rings is 2. The van der Waals surface area contributed by atoms with Crippen molar-refractivity contribution in [2.45, 2.75) is 40.3 Å². The van der Waals surface area contributed by atoms with E-state index < -0.39 is 0 Å². The number of nitrogens with zero attached hydrogens (tertiary/aromatic N) is 2. The van der Waals surface area contributed by atoms with E-state index in [0.29, 0.717) is 32.0 Å². The molecule has 0 fully saturated rings. The average molecular weight is 411 g/mol. The molecule has 2 rings (SSSR count). The number of urea groups is 1. The van der Waals surface area contributed by atoms with Crippen LogP contribution in [0, 0.1) is 5.92 Å². The third kappa shape index (κ3) is 7.10. The molecule has 2 aromatic carbocycles. The largest absolute Gasteiger partial charge is 0.377 e. The number of nitrogens with one attached hydrogen (secondary N) is 2. The van der Waals surface area contributed by atoms with Crippen LogP contribution >= 0.6 is 0 Å². The van der Waals surface area contributed by atoms with Crippen LogP contribution in [0.4, 0.5) is 16.2 Å². The molecule has 0 aliphatic carbocycles. The maximum Gasteiger partial charge on any atom is 0.317 e. The maximum absolute atomic E-state index is 12.7. The zero-order chi connectivity index (χ0) is 22.1. The molecule has 6 nitrogen and oxygen atoms in total. The lowest BCUT2D eigenvalue weighted by atomic mass is 10.1. The molecular weight excluding hydrogens is 376 g/mol. The number of hydrogen-bond acceptors (Lipinski definition) is 3. The predicted molar refractivity (Wildman–Crippen MR) is 124 cm³/mol. The molecular formula is C24H34N4O2. The minimum absolute atomic E-state index is 0.00146. The van der Waals surface area contributed by atoms with E-state index in [1.807, 2.05) is 88.3 Å². The van der Waals surface area contributed by atoms with Crippen molar-refractivity contribution in [3.63, 3.8) is 0 Å². The van der Waals surface area contributed by atoms with Gasteiger partial charge in [-0.1, -0.05) is 44.2 Å². The van der Waals surface area contributed by atoms with Crippen molar-refractivity contribution in [3.05, 3.63) is 59.7 Å². The lowest BCUT2D eigenvalue weighted by molar-refractivity contribution is -0.116. The van der Waals surface area contributed by atoms with Gasteiger partial charge in [-0.05, 0) is 42.2 Å². The second kappa shape index (κ2) is 11.2. The van der Waals surface area contributed by atoms with Crippen LogP contribution in [0.1, 0.15) is 38.3 Å². The van der Waals surface area contributed by atoms with Crippen molar-refractivity contribution in [1.82, 2.24) is 10.2 Å². The van der Waals surface area contributed by atoms with Crippen LogP contribution in [0.15, 0.2) is 48.5 Å². The highest BCUT2D eigenvalue weighted by Gasteiger charge is 2.17. The standard InChI is InChI=1S/C24H34N4O2/c1-6-25-24(30)28(16-19-10-8-7-9-11-19)17-20-15-21(12-13-22(20)27(4)5)26-23(29)14-18(2)3/h7-13,15,18H,6,14,16-17H2,1-5H3,(H,25,30)(H,26,29). The molecule has 6 heteroatoms. The van der Waals surface area contributed by atoms with Crippen molar-refractivity contribution in [2.75, 3.05) is 30.9 Å². The predicted octanol–water partition coefficient (Wildman–Crippen LogP) is 4.47. The van der Waals surface area contributed by atoms with E-state index in [1.165, 1.54) is 0 Å². The van der Waals surface area contributed by atoms with Crippen molar-refractivity contribution >= 4 is 23.3 Å². The number of carbonyl (C=O) groups is 2. The van der Waals surface area contributed by atoms with Gasteiger partial charge in [0.25, 0.3) is 0 Å². The quantitative estimate of drug-likeness (QED) is 0.641. The summed E-state index contributed by atoms with van der Waals surface area (Å²) in [5, 5.41) is 5.89.